The van der Waals surface area contributed by atoms with Gasteiger partial charge in [0, 0.05) is 63.2 Å². The van der Waals surface area contributed by atoms with E-state index in [1.165, 1.54) is 64.8 Å². The van der Waals surface area contributed by atoms with Crippen molar-refractivity contribution in [2.75, 3.05) is 72.2 Å². The molecule has 0 amide bonds. The van der Waals surface area contributed by atoms with Crippen LogP contribution in [-0.2, 0) is 8.98 Å². The second-order valence-corrected chi connectivity index (χ2v) is 27.0. The van der Waals surface area contributed by atoms with Crippen LogP contribution < -0.4 is 0 Å². The van der Waals surface area contributed by atoms with Crippen LogP contribution in [0.4, 0.5) is 0 Å². The largest absolute Gasteiger partial charge is 0.480 e. The highest BCUT2D eigenvalue weighted by atomic mass is 33.1. The molecule has 0 bridgehead atoms. The Kier molecular flexibility index (Phi) is 47.8. The Morgan fingerprint density at radius 3 is 1.00 bits per heavy atom. The Labute approximate surface area is 454 Å². The minimum Gasteiger partial charge on any atom is -0.480 e. The molecule has 0 aliphatic rings. The minimum atomic E-state index is -1.63. The van der Waals surface area contributed by atoms with Gasteiger partial charge in [0.05, 0.1) is 24.3 Å². The number of aliphatic hydroxyl groups excluding tert-OH is 4. The first-order valence-corrected chi connectivity index (χ1v) is 33.9. The molecule has 0 rings (SSSR count). The fourth-order valence-electron chi connectivity index (χ4n) is 5.47. The van der Waals surface area contributed by atoms with E-state index < -0.39 is 40.9 Å². The van der Waals surface area contributed by atoms with Gasteiger partial charge in [-0.3, -0.25) is 4.18 Å². The lowest BCUT2D eigenvalue weighted by molar-refractivity contribution is -0.140. The molecular formula is C43H84N4O7S12. The molecule has 1 unspecified atom stereocenters. The molecule has 1 atom stereocenters. The summed E-state index contributed by atoms with van der Waals surface area (Å²) in [4.78, 5) is 18.1. The number of carbonyl (C=O) groups is 1. The molecule has 0 aliphatic carbocycles. The molecular weight excluding hydrogens is 1070 g/mol. The summed E-state index contributed by atoms with van der Waals surface area (Å²) in [7, 11) is 9.30. The van der Waals surface area contributed by atoms with E-state index in [4.69, 9.17) is 68.1 Å². The van der Waals surface area contributed by atoms with E-state index in [1.807, 2.05) is 0 Å². The van der Waals surface area contributed by atoms with E-state index in [-0.39, 0.29) is 0 Å². The second-order valence-electron chi connectivity index (χ2n) is 15.5. The van der Waals surface area contributed by atoms with Gasteiger partial charge in [0.25, 0.3) is 0 Å². The molecule has 0 aliphatic heterocycles. The van der Waals surface area contributed by atoms with E-state index in [0.29, 0.717) is 17.3 Å². The van der Waals surface area contributed by atoms with Gasteiger partial charge >= 0.3 is 5.97 Å². The van der Waals surface area contributed by atoms with Crippen molar-refractivity contribution in [1.82, 2.24) is 19.6 Å². The van der Waals surface area contributed by atoms with Crippen molar-refractivity contribution in [2.24, 2.45) is 5.41 Å². The van der Waals surface area contributed by atoms with Gasteiger partial charge in [-0.05, 0) is 105 Å². The van der Waals surface area contributed by atoms with E-state index >= 15 is 0 Å². The summed E-state index contributed by atoms with van der Waals surface area (Å²) >= 11 is 25.4. The number of rotatable bonds is 38. The van der Waals surface area contributed by atoms with E-state index in [9.17, 15) is 15.3 Å². The number of hydrogen-bond donors (Lipinski definition) is 5. The third-order valence-corrected chi connectivity index (χ3v) is 24.0. The molecule has 390 valence electrons. The standard InChI is InChI=1S/C41H80N4O4S12.C2H4O3/c1-9-17-25-42(26-18-10-2)36(50)55-54-35(48)40(33-46,34-47)41(59-56-37(51)43(27-19-11-3)28-20-12-4,60-57-38(52)44(29-21-13-5)30-22-14-6)49-61-58-39(53)45(31-23-15-7)32-24-16-8;3-1-2(4)5/h35,46-48H,9-34H2,1-8H3;3H,1H2,(H,4,5). The van der Waals surface area contributed by atoms with Crippen molar-refractivity contribution >= 4 is 159 Å². The topological polar surface area (TPSA) is 140 Å². The Morgan fingerprint density at radius 1 is 0.500 bits per heavy atom. The van der Waals surface area contributed by atoms with E-state index in [1.54, 1.807) is 0 Å². The van der Waals surface area contributed by atoms with Crippen LogP contribution in [0.1, 0.15) is 158 Å². The second kappa shape index (κ2) is 45.3. The average molecular weight is 1150 g/mol. The highest BCUT2D eigenvalue weighted by molar-refractivity contribution is 8.92. The van der Waals surface area contributed by atoms with Crippen LogP contribution in [0.25, 0.3) is 0 Å². The van der Waals surface area contributed by atoms with Gasteiger partial charge in [-0.2, -0.15) is 0 Å². The van der Waals surface area contributed by atoms with Crippen LogP contribution in [-0.4, -0.2) is 150 Å². The van der Waals surface area contributed by atoms with Gasteiger partial charge in [-0.15, -0.1) is 0 Å². The summed E-state index contributed by atoms with van der Waals surface area (Å²) in [5.41, 5.74) is -2.95. The maximum absolute atomic E-state index is 12.5. The predicted octanol–water partition coefficient (Wildman–Crippen LogP) is 13.2. The number of carboxylic acids is 1. The van der Waals surface area contributed by atoms with Crippen molar-refractivity contribution in [1.29, 1.82) is 0 Å². The predicted molar refractivity (Wildman–Crippen MR) is 318 cm³/mol. The van der Waals surface area contributed by atoms with Gasteiger partial charge < -0.3 is 45.1 Å². The highest BCUT2D eigenvalue weighted by Gasteiger charge is 2.60. The summed E-state index contributed by atoms with van der Waals surface area (Å²) in [5.74, 6) is -1.19. The highest BCUT2D eigenvalue weighted by Crippen LogP contribution is 2.64. The van der Waals surface area contributed by atoms with Crippen LogP contribution in [0, 0.1) is 5.41 Å². The molecule has 0 saturated heterocycles. The number of carboxylic acid groups (broad SMARTS) is 1. The molecule has 0 saturated carbocycles. The number of aliphatic hydroxyl groups is 4. The SMILES string of the molecule is CCCCN(CCCC)C(=S)SSOC(SSC(=S)N(CCCC)CCCC)(SSC(=S)N(CCCC)CCCC)C(CO)(CO)C(O)SSC(=S)N(CCCC)CCCC.O=C(O)CO. The number of hydrogen-bond acceptors (Lipinski definition) is 18. The summed E-state index contributed by atoms with van der Waals surface area (Å²) in [6.07, 6.45) is 16.5. The van der Waals surface area contributed by atoms with Gasteiger partial charge in [0.15, 0.2) is 0 Å². The maximum atomic E-state index is 12.5. The lowest BCUT2D eigenvalue weighted by Gasteiger charge is -2.47. The van der Waals surface area contributed by atoms with Gasteiger partial charge in [-0.25, -0.2) is 4.79 Å². The summed E-state index contributed by atoms with van der Waals surface area (Å²) in [6, 6.07) is 0. The van der Waals surface area contributed by atoms with Crippen molar-refractivity contribution in [3.8, 4) is 0 Å². The van der Waals surface area contributed by atoms with E-state index in [0.717, 1.165) is 177 Å². The average Bonchev–Trinajstić information content (AvgIpc) is 3.32. The normalized spacial score (nSPS) is 12.0. The van der Waals surface area contributed by atoms with Crippen LogP contribution >= 0.6 is 136 Å². The fourth-order valence-corrected chi connectivity index (χ4v) is 18.8. The van der Waals surface area contributed by atoms with Crippen molar-refractivity contribution in [3.05, 3.63) is 0 Å². The van der Waals surface area contributed by atoms with Crippen LogP contribution in [0.5, 0.6) is 0 Å². The van der Waals surface area contributed by atoms with Crippen LogP contribution in [0.2, 0.25) is 0 Å². The third kappa shape index (κ3) is 29.4. The molecule has 23 heteroatoms. The van der Waals surface area contributed by atoms with Gasteiger partial charge in [0.2, 0.25) is 4.27 Å². The van der Waals surface area contributed by atoms with Crippen molar-refractivity contribution in [3.63, 3.8) is 0 Å². The molecule has 5 N–H and O–H groups in total. The lowest BCUT2D eigenvalue weighted by Crippen LogP contribution is -2.55. The maximum Gasteiger partial charge on any atom is 0.329 e. The zero-order valence-corrected chi connectivity index (χ0v) is 50.7. The first-order chi connectivity index (χ1) is 31.7. The van der Waals surface area contributed by atoms with Gasteiger partial charge in [0.1, 0.15) is 34.7 Å². The Balaban J connectivity index is 0. The third-order valence-electron chi connectivity index (χ3n) is 9.97. The molecule has 0 aromatic heterocycles. The molecule has 0 radical (unpaired) electrons. The Morgan fingerprint density at radius 2 is 0.758 bits per heavy atom. The lowest BCUT2D eigenvalue weighted by atomic mass is 9.91. The summed E-state index contributed by atoms with van der Waals surface area (Å²) in [5, 5.41) is 50.8. The molecule has 0 aromatic rings. The molecule has 11 nitrogen and oxygen atoms in total. The summed E-state index contributed by atoms with van der Waals surface area (Å²) in [6.45, 7) is 22.2. The first-order valence-electron chi connectivity index (χ1n) is 23.6. The Bertz CT molecular complexity index is 1220. The molecule has 0 spiro atoms. The first kappa shape index (κ1) is 69.7. The quantitative estimate of drug-likeness (QED) is 0.0173. The Hall–Kier alpha value is 1.63. The molecule has 0 heterocycles. The molecule has 0 aromatic carbocycles. The smallest absolute Gasteiger partial charge is 0.329 e. The number of thiocarbonyl (C=S) groups is 4. The van der Waals surface area contributed by atoms with E-state index in [2.05, 4.69) is 75.0 Å². The van der Waals surface area contributed by atoms with Gasteiger partial charge in [-0.1, -0.05) is 166 Å². The number of unbranched alkanes of at least 4 members (excludes halogenated alkanes) is 8. The number of aliphatic carboxylic acids is 1. The zero-order valence-electron chi connectivity index (χ0n) is 40.9. The zero-order chi connectivity index (χ0) is 50.2. The monoisotopic (exact) mass is 1150 g/mol. The molecule has 0 fully saturated rings. The summed E-state index contributed by atoms with van der Waals surface area (Å²) < 4.78 is 8.30. The van der Waals surface area contributed by atoms with Crippen molar-refractivity contribution in [2.45, 2.75) is 168 Å². The van der Waals surface area contributed by atoms with Crippen LogP contribution in [0.3, 0.4) is 0 Å². The molecule has 66 heavy (non-hydrogen) atoms. The minimum absolute atomic E-state index is 0.583. The van der Waals surface area contributed by atoms with Crippen molar-refractivity contribution < 1.29 is 34.5 Å². The van der Waals surface area contributed by atoms with Crippen LogP contribution in [0.15, 0.2) is 0 Å². The fraction of sp³-hybridized carbons (Fsp3) is 0.884. The number of nitrogens with zero attached hydrogens (tertiary/aromatic N) is 4.